The molecule has 0 radical (unpaired) electrons. The Morgan fingerprint density at radius 3 is 2.54 bits per heavy atom. The number of aromatic nitrogens is 3. The first-order valence-electron chi connectivity index (χ1n) is 9.83. The highest BCUT2D eigenvalue weighted by Gasteiger charge is 2.31. The van der Waals surface area contributed by atoms with Gasteiger partial charge in [-0.1, -0.05) is 11.6 Å². The number of halogens is 4. The highest BCUT2D eigenvalue weighted by molar-refractivity contribution is 7.21. The minimum atomic E-state index is -4.82. The molecular formula is C22H13ClF3N5O3S. The highest BCUT2D eigenvalue weighted by Crippen LogP contribution is 2.44. The minimum Gasteiger partial charge on any atom is -0.506 e. The number of aromatic hydroxyl groups is 1. The summed E-state index contributed by atoms with van der Waals surface area (Å²) in [5.41, 5.74) is 0.738. The van der Waals surface area contributed by atoms with Crippen LogP contribution in [-0.2, 0) is 11.5 Å². The van der Waals surface area contributed by atoms with Crippen molar-refractivity contribution in [2.24, 2.45) is 0 Å². The number of ether oxygens (including phenoxy) is 2. The number of nitrogens with zero attached hydrogens (tertiary/aromatic N) is 5. The van der Waals surface area contributed by atoms with Gasteiger partial charge in [0.25, 0.3) is 0 Å². The molecule has 178 valence electrons. The number of nitriles is 2. The van der Waals surface area contributed by atoms with Crippen molar-refractivity contribution < 1.29 is 27.8 Å². The monoisotopic (exact) mass is 519 g/mol. The summed E-state index contributed by atoms with van der Waals surface area (Å²) in [7, 11) is 0. The highest BCUT2D eigenvalue weighted by atomic mass is 35.5. The fourth-order valence-electron chi connectivity index (χ4n) is 3.29. The first-order valence-corrected chi connectivity index (χ1v) is 11.0. The first-order chi connectivity index (χ1) is 16.7. The summed E-state index contributed by atoms with van der Waals surface area (Å²) < 4.78 is 48.7. The van der Waals surface area contributed by atoms with Gasteiger partial charge in [-0.15, -0.1) is 24.5 Å². The standard InChI is InChI=1S/C22H13ClF3N5O3S/c1-2-33-10-31-16(9-28)15(8-27)29-20(31)13-5-4-12(18(23)19(13)32)21-30-14-6-3-11(7-17(14)35-21)34-22(24,25)26/h3-7,32H,2,10H2,1H3. The molecule has 0 atom stereocenters. The van der Waals surface area contributed by atoms with Crippen molar-refractivity contribution in [3.63, 3.8) is 0 Å². The Balaban J connectivity index is 1.78. The number of imidazole rings is 1. The first kappa shape index (κ1) is 24.3. The summed E-state index contributed by atoms with van der Waals surface area (Å²) >= 11 is 7.51. The van der Waals surface area contributed by atoms with Crippen LogP contribution in [0.3, 0.4) is 0 Å². The van der Waals surface area contributed by atoms with Gasteiger partial charge in [0, 0.05) is 12.2 Å². The van der Waals surface area contributed by atoms with E-state index in [4.69, 9.17) is 16.3 Å². The Hall–Kier alpha value is -3.84. The largest absolute Gasteiger partial charge is 0.573 e. The number of hydrogen-bond donors (Lipinski definition) is 1. The molecular weight excluding hydrogens is 507 g/mol. The molecule has 1 N–H and O–H groups in total. The number of rotatable bonds is 6. The molecule has 4 aromatic rings. The zero-order valence-corrected chi connectivity index (χ0v) is 19.3. The van der Waals surface area contributed by atoms with E-state index in [2.05, 4.69) is 14.7 Å². The van der Waals surface area contributed by atoms with Crippen LogP contribution in [0.5, 0.6) is 11.5 Å². The van der Waals surface area contributed by atoms with Crippen LogP contribution in [0.4, 0.5) is 13.2 Å². The number of benzene rings is 2. The Labute approximate surface area is 205 Å². The van der Waals surface area contributed by atoms with Crippen molar-refractivity contribution in [3.05, 3.63) is 46.7 Å². The van der Waals surface area contributed by atoms with Crippen molar-refractivity contribution in [2.75, 3.05) is 6.61 Å². The third-order valence-corrected chi connectivity index (χ3v) is 6.22. The fourth-order valence-corrected chi connectivity index (χ4v) is 4.62. The van der Waals surface area contributed by atoms with Gasteiger partial charge in [0.1, 0.15) is 41.2 Å². The molecule has 0 bridgehead atoms. The van der Waals surface area contributed by atoms with Gasteiger partial charge in [0.05, 0.1) is 20.8 Å². The predicted octanol–water partition coefficient (Wildman–Crippen LogP) is 5.82. The Bertz CT molecular complexity index is 1520. The number of phenols is 1. The Morgan fingerprint density at radius 2 is 1.89 bits per heavy atom. The van der Waals surface area contributed by atoms with Crippen molar-refractivity contribution in [2.45, 2.75) is 20.0 Å². The number of phenolic OH excluding ortho intramolecular Hbond substituents is 1. The number of hydrogen-bond acceptors (Lipinski definition) is 8. The lowest BCUT2D eigenvalue weighted by Gasteiger charge is -2.12. The average molecular weight is 520 g/mol. The molecule has 2 aromatic carbocycles. The van der Waals surface area contributed by atoms with Gasteiger partial charge in [0.15, 0.2) is 11.4 Å². The lowest BCUT2D eigenvalue weighted by Crippen LogP contribution is -2.16. The molecule has 0 saturated heterocycles. The Kier molecular flexibility index (Phi) is 6.54. The molecule has 0 aliphatic heterocycles. The van der Waals surface area contributed by atoms with E-state index >= 15 is 0 Å². The topological polar surface area (TPSA) is 117 Å². The number of alkyl halides is 3. The van der Waals surface area contributed by atoms with E-state index in [1.165, 1.54) is 22.8 Å². The normalized spacial score (nSPS) is 11.4. The van der Waals surface area contributed by atoms with Crippen LogP contribution in [0.2, 0.25) is 5.02 Å². The van der Waals surface area contributed by atoms with Gasteiger partial charge in [-0.25, -0.2) is 9.97 Å². The molecule has 0 fully saturated rings. The third-order valence-electron chi connectivity index (χ3n) is 4.78. The summed E-state index contributed by atoms with van der Waals surface area (Å²) in [5, 5.41) is 30.0. The second-order valence-electron chi connectivity index (χ2n) is 6.93. The second-order valence-corrected chi connectivity index (χ2v) is 8.33. The van der Waals surface area contributed by atoms with Crippen LogP contribution in [0.15, 0.2) is 30.3 Å². The number of fused-ring (bicyclic) bond motifs is 1. The maximum absolute atomic E-state index is 12.5. The van der Waals surface area contributed by atoms with E-state index in [0.29, 0.717) is 27.4 Å². The SMILES string of the molecule is CCOCn1c(-c2ccc(-c3nc4ccc(OC(F)(F)F)cc4s3)c(Cl)c2O)nc(C#N)c1C#N. The van der Waals surface area contributed by atoms with Crippen molar-refractivity contribution in [1.82, 2.24) is 14.5 Å². The van der Waals surface area contributed by atoms with Crippen LogP contribution in [0.1, 0.15) is 18.3 Å². The number of thiazole rings is 1. The van der Waals surface area contributed by atoms with Crippen LogP contribution < -0.4 is 4.74 Å². The zero-order chi connectivity index (χ0) is 25.3. The second kappa shape index (κ2) is 9.43. The molecule has 0 saturated carbocycles. The van der Waals surface area contributed by atoms with E-state index in [0.717, 1.165) is 17.4 Å². The molecule has 4 rings (SSSR count). The average Bonchev–Trinajstić information content (AvgIpc) is 3.38. The Morgan fingerprint density at radius 1 is 1.14 bits per heavy atom. The van der Waals surface area contributed by atoms with Crippen molar-refractivity contribution in [3.8, 4) is 45.6 Å². The molecule has 0 amide bonds. The van der Waals surface area contributed by atoms with Gasteiger partial charge in [-0.05, 0) is 37.3 Å². The predicted molar refractivity (Wildman–Crippen MR) is 121 cm³/mol. The molecule has 35 heavy (non-hydrogen) atoms. The van der Waals surface area contributed by atoms with E-state index in [1.54, 1.807) is 13.0 Å². The van der Waals surface area contributed by atoms with Gasteiger partial charge in [-0.3, -0.25) is 4.57 Å². The molecule has 0 aliphatic carbocycles. The summed E-state index contributed by atoms with van der Waals surface area (Å²) in [4.78, 5) is 8.55. The molecule has 0 spiro atoms. The summed E-state index contributed by atoms with van der Waals surface area (Å²) in [6.07, 6.45) is -4.82. The van der Waals surface area contributed by atoms with Gasteiger partial charge >= 0.3 is 6.36 Å². The van der Waals surface area contributed by atoms with Crippen molar-refractivity contribution >= 4 is 33.2 Å². The minimum absolute atomic E-state index is 0.0291. The fraction of sp³-hybridized carbons (Fsp3) is 0.182. The van der Waals surface area contributed by atoms with Crippen LogP contribution in [-0.4, -0.2) is 32.6 Å². The zero-order valence-electron chi connectivity index (χ0n) is 17.7. The summed E-state index contributed by atoms with van der Waals surface area (Å²) in [5.74, 6) is -0.649. The van der Waals surface area contributed by atoms with Gasteiger partial charge in [0.2, 0.25) is 0 Å². The maximum Gasteiger partial charge on any atom is 0.573 e. The van der Waals surface area contributed by atoms with Gasteiger partial charge in [-0.2, -0.15) is 10.5 Å². The smallest absolute Gasteiger partial charge is 0.506 e. The van der Waals surface area contributed by atoms with E-state index < -0.39 is 6.36 Å². The quantitative estimate of drug-likeness (QED) is 0.341. The third kappa shape index (κ3) is 4.72. The van der Waals surface area contributed by atoms with Crippen LogP contribution >= 0.6 is 22.9 Å². The molecule has 2 heterocycles. The molecule has 0 unspecified atom stereocenters. The lowest BCUT2D eigenvalue weighted by molar-refractivity contribution is -0.274. The van der Waals surface area contributed by atoms with E-state index in [1.807, 2.05) is 12.1 Å². The maximum atomic E-state index is 12.5. The van der Waals surface area contributed by atoms with Crippen molar-refractivity contribution in [1.29, 1.82) is 10.5 Å². The van der Waals surface area contributed by atoms with Crippen LogP contribution in [0, 0.1) is 22.7 Å². The van der Waals surface area contributed by atoms with E-state index in [9.17, 15) is 28.8 Å². The molecule has 8 nitrogen and oxygen atoms in total. The van der Waals surface area contributed by atoms with Gasteiger partial charge < -0.3 is 14.6 Å². The lowest BCUT2D eigenvalue weighted by atomic mass is 10.1. The summed E-state index contributed by atoms with van der Waals surface area (Å²) in [6, 6.07) is 10.6. The molecule has 0 aliphatic rings. The van der Waals surface area contributed by atoms with E-state index in [-0.39, 0.29) is 46.0 Å². The molecule has 2 aromatic heterocycles. The molecule has 13 heteroatoms. The van der Waals surface area contributed by atoms with Crippen LogP contribution in [0.25, 0.3) is 32.2 Å². The summed E-state index contributed by atoms with van der Waals surface area (Å²) in [6.45, 7) is 2.01.